The summed E-state index contributed by atoms with van der Waals surface area (Å²) >= 11 is 6.10. The fourth-order valence-corrected chi connectivity index (χ4v) is 4.05. The number of phenolic OH excluding ortho intramolecular Hbond substituents is 1. The first-order valence-electron chi connectivity index (χ1n) is 8.43. The second kappa shape index (κ2) is 6.35. The number of Topliss-reactive ketones (excluding diaryl/α,β-unsaturated/α-hetero) is 1. The quantitative estimate of drug-likeness (QED) is 0.798. The van der Waals surface area contributed by atoms with E-state index in [2.05, 4.69) is 4.99 Å². The third-order valence-electron chi connectivity index (χ3n) is 5.10. The van der Waals surface area contributed by atoms with Gasteiger partial charge in [0.2, 0.25) is 0 Å². The van der Waals surface area contributed by atoms with Crippen molar-refractivity contribution < 1.29 is 19.4 Å². The average molecular weight is 382 g/mol. The number of hydrogen-bond donors (Lipinski definition) is 1. The molecule has 1 N–H and O–H groups in total. The van der Waals surface area contributed by atoms with Crippen molar-refractivity contribution >= 4 is 34.8 Å². The van der Waals surface area contributed by atoms with Crippen LogP contribution in [0, 0.1) is 5.92 Å². The summed E-state index contributed by atoms with van der Waals surface area (Å²) in [5.74, 6) is -2.03. The second-order valence-corrected chi connectivity index (χ2v) is 6.99. The van der Waals surface area contributed by atoms with Crippen LogP contribution in [0.5, 0.6) is 5.75 Å². The summed E-state index contributed by atoms with van der Waals surface area (Å²) in [7, 11) is 1.31. The molecular weight excluding hydrogens is 366 g/mol. The Kier molecular flexibility index (Phi) is 4.12. The number of halogens is 1. The van der Waals surface area contributed by atoms with E-state index in [4.69, 9.17) is 16.3 Å². The minimum absolute atomic E-state index is 0.0635. The van der Waals surface area contributed by atoms with Gasteiger partial charge in [0.15, 0.2) is 5.78 Å². The van der Waals surface area contributed by atoms with Crippen LogP contribution in [-0.4, -0.2) is 29.7 Å². The molecule has 2 aliphatic rings. The number of hydrogen-bond acceptors (Lipinski definition) is 5. The second-order valence-electron chi connectivity index (χ2n) is 6.58. The number of aromatic hydroxyl groups is 1. The number of carbonyl (C=O) groups is 2. The normalized spacial score (nSPS) is 20.9. The molecule has 6 heteroatoms. The Balaban J connectivity index is 1.97. The molecule has 0 bridgehead atoms. The molecule has 2 unspecified atom stereocenters. The van der Waals surface area contributed by atoms with Crippen molar-refractivity contribution in [1.82, 2.24) is 0 Å². The summed E-state index contributed by atoms with van der Waals surface area (Å²) in [6.45, 7) is 1.76. The SMILES string of the molecule is COC(=O)C1C(C)=NC2=C(C(=O)c3ccccc32)C1c1ccc(O)c(Cl)c1. The van der Waals surface area contributed by atoms with Gasteiger partial charge in [0.05, 0.1) is 17.8 Å². The fraction of sp³-hybridized carbons (Fsp3) is 0.190. The zero-order valence-electron chi connectivity index (χ0n) is 14.7. The lowest BCUT2D eigenvalue weighted by molar-refractivity contribution is -0.143. The van der Waals surface area contributed by atoms with Crippen LogP contribution in [0.4, 0.5) is 0 Å². The van der Waals surface area contributed by atoms with Crippen LogP contribution < -0.4 is 0 Å². The van der Waals surface area contributed by atoms with Gasteiger partial charge in [-0.15, -0.1) is 0 Å². The molecule has 2 aromatic rings. The van der Waals surface area contributed by atoms with E-state index in [-0.39, 0.29) is 16.6 Å². The molecule has 0 saturated heterocycles. The number of carbonyl (C=O) groups excluding carboxylic acids is 2. The molecule has 0 saturated carbocycles. The Labute approximate surface area is 161 Å². The summed E-state index contributed by atoms with van der Waals surface area (Å²) in [5.41, 5.74) is 3.59. The summed E-state index contributed by atoms with van der Waals surface area (Å²) in [6, 6.07) is 12.0. The molecule has 0 spiro atoms. The van der Waals surface area contributed by atoms with Crippen molar-refractivity contribution in [2.45, 2.75) is 12.8 Å². The standard InChI is InChI=1S/C21H16ClNO4/c1-10-16(21(26)27-2)17(11-7-8-15(24)14(22)9-11)18-19(23-10)12-5-3-4-6-13(12)20(18)25/h3-9,16-17,24H,1-2H3. The van der Waals surface area contributed by atoms with E-state index in [0.29, 0.717) is 28.1 Å². The molecule has 0 aromatic heterocycles. The van der Waals surface area contributed by atoms with Crippen molar-refractivity contribution in [2.75, 3.05) is 7.11 Å². The maximum Gasteiger partial charge on any atom is 0.315 e. The van der Waals surface area contributed by atoms with Gasteiger partial charge in [-0.05, 0) is 24.6 Å². The number of allylic oxidation sites excluding steroid dienone is 1. The molecular formula is C21H16ClNO4. The number of fused-ring (bicyclic) bond motifs is 2. The fourth-order valence-electron chi connectivity index (χ4n) is 3.86. The van der Waals surface area contributed by atoms with Gasteiger partial charge in [-0.2, -0.15) is 0 Å². The van der Waals surface area contributed by atoms with E-state index in [1.165, 1.54) is 13.2 Å². The van der Waals surface area contributed by atoms with Gasteiger partial charge in [0, 0.05) is 28.3 Å². The topological polar surface area (TPSA) is 76.0 Å². The van der Waals surface area contributed by atoms with Gasteiger partial charge in [0.1, 0.15) is 11.7 Å². The van der Waals surface area contributed by atoms with E-state index in [1.54, 1.807) is 31.2 Å². The molecule has 27 heavy (non-hydrogen) atoms. The largest absolute Gasteiger partial charge is 0.506 e. The van der Waals surface area contributed by atoms with Gasteiger partial charge < -0.3 is 9.84 Å². The first kappa shape index (κ1) is 17.5. The lowest BCUT2D eigenvalue weighted by atomic mass is 9.75. The van der Waals surface area contributed by atoms with Crippen LogP contribution in [-0.2, 0) is 9.53 Å². The molecule has 1 aliphatic carbocycles. The number of phenols is 1. The highest BCUT2D eigenvalue weighted by Crippen LogP contribution is 2.48. The number of aliphatic imine (C=N–C) groups is 1. The van der Waals surface area contributed by atoms with Gasteiger partial charge >= 0.3 is 5.97 Å². The van der Waals surface area contributed by atoms with Crippen LogP contribution in [0.1, 0.15) is 34.3 Å². The van der Waals surface area contributed by atoms with Crippen LogP contribution in [0.15, 0.2) is 53.0 Å². The average Bonchev–Trinajstić information content (AvgIpc) is 2.95. The zero-order chi connectivity index (χ0) is 19.3. The molecule has 136 valence electrons. The molecule has 2 atom stereocenters. The van der Waals surface area contributed by atoms with Gasteiger partial charge in [-0.25, -0.2) is 0 Å². The van der Waals surface area contributed by atoms with E-state index in [9.17, 15) is 14.7 Å². The highest BCUT2D eigenvalue weighted by atomic mass is 35.5. The molecule has 0 fully saturated rings. The van der Waals surface area contributed by atoms with E-state index < -0.39 is 17.8 Å². The molecule has 5 nitrogen and oxygen atoms in total. The van der Waals surface area contributed by atoms with E-state index >= 15 is 0 Å². The summed E-state index contributed by atoms with van der Waals surface area (Å²) in [5, 5.41) is 9.92. The maximum atomic E-state index is 13.2. The number of ketones is 1. The van der Waals surface area contributed by atoms with Crippen molar-refractivity contribution in [3.05, 3.63) is 69.8 Å². The van der Waals surface area contributed by atoms with Crippen molar-refractivity contribution in [2.24, 2.45) is 10.9 Å². The summed E-state index contributed by atoms with van der Waals surface area (Å²) < 4.78 is 4.99. The van der Waals surface area contributed by atoms with E-state index in [0.717, 1.165) is 5.56 Å². The number of ether oxygens (including phenoxy) is 1. The van der Waals surface area contributed by atoms with Crippen molar-refractivity contribution in [3.63, 3.8) is 0 Å². The first-order chi connectivity index (χ1) is 12.9. The van der Waals surface area contributed by atoms with Crippen LogP contribution in [0.3, 0.4) is 0 Å². The van der Waals surface area contributed by atoms with Crippen LogP contribution >= 0.6 is 11.6 Å². The van der Waals surface area contributed by atoms with Crippen LogP contribution in [0.2, 0.25) is 5.02 Å². The summed E-state index contributed by atoms with van der Waals surface area (Å²) in [4.78, 5) is 30.3. The highest BCUT2D eigenvalue weighted by molar-refractivity contribution is 6.32. The molecule has 2 aromatic carbocycles. The van der Waals surface area contributed by atoms with Gasteiger partial charge in [0.25, 0.3) is 0 Å². The Morgan fingerprint density at radius 1 is 1.19 bits per heavy atom. The van der Waals surface area contributed by atoms with Crippen molar-refractivity contribution in [3.8, 4) is 5.75 Å². The number of benzene rings is 2. The minimum atomic E-state index is -0.743. The number of methoxy groups -OCH3 is 1. The molecule has 4 rings (SSSR count). The van der Waals surface area contributed by atoms with E-state index in [1.807, 2.05) is 12.1 Å². The monoisotopic (exact) mass is 381 g/mol. The maximum absolute atomic E-state index is 13.2. The Morgan fingerprint density at radius 3 is 2.56 bits per heavy atom. The number of esters is 1. The lowest BCUT2D eigenvalue weighted by Crippen LogP contribution is -2.34. The number of nitrogens with zero attached hydrogens (tertiary/aromatic N) is 1. The summed E-state index contributed by atoms with van der Waals surface area (Å²) in [6.07, 6.45) is 0. The number of rotatable bonds is 2. The Bertz CT molecular complexity index is 1050. The third kappa shape index (κ3) is 2.58. The lowest BCUT2D eigenvalue weighted by Gasteiger charge is -2.30. The minimum Gasteiger partial charge on any atom is -0.506 e. The molecule has 1 aliphatic heterocycles. The first-order valence-corrected chi connectivity index (χ1v) is 8.81. The highest BCUT2D eigenvalue weighted by Gasteiger charge is 2.46. The third-order valence-corrected chi connectivity index (χ3v) is 5.40. The predicted octanol–water partition coefficient (Wildman–Crippen LogP) is 4.00. The molecule has 1 heterocycles. The van der Waals surface area contributed by atoms with Gasteiger partial charge in [-0.1, -0.05) is 41.9 Å². The smallest absolute Gasteiger partial charge is 0.315 e. The van der Waals surface area contributed by atoms with Gasteiger partial charge in [-0.3, -0.25) is 14.6 Å². The predicted molar refractivity (Wildman–Crippen MR) is 102 cm³/mol. The molecule has 0 amide bonds. The Hall–Kier alpha value is -2.92. The van der Waals surface area contributed by atoms with Crippen molar-refractivity contribution in [1.29, 1.82) is 0 Å². The molecule has 0 radical (unpaired) electrons. The van der Waals surface area contributed by atoms with Crippen LogP contribution in [0.25, 0.3) is 5.70 Å². The zero-order valence-corrected chi connectivity index (χ0v) is 15.4. The Morgan fingerprint density at radius 2 is 1.89 bits per heavy atom.